The van der Waals surface area contributed by atoms with E-state index in [4.69, 9.17) is 5.73 Å². The highest BCUT2D eigenvalue weighted by Gasteiger charge is 2.24. The van der Waals surface area contributed by atoms with E-state index in [9.17, 15) is 14.4 Å². The van der Waals surface area contributed by atoms with Gasteiger partial charge < -0.3 is 21.3 Å². The number of amides is 4. The minimum Gasteiger partial charge on any atom is -0.366 e. The highest BCUT2D eigenvalue weighted by atomic mass is 16.2. The van der Waals surface area contributed by atoms with E-state index in [0.29, 0.717) is 42.7 Å². The van der Waals surface area contributed by atoms with Crippen LogP contribution in [-0.4, -0.2) is 46.9 Å². The summed E-state index contributed by atoms with van der Waals surface area (Å²) in [5, 5.41) is 5.78. The molecule has 0 unspecified atom stereocenters. The van der Waals surface area contributed by atoms with E-state index >= 15 is 0 Å². The number of nitrogens with zero attached hydrogens (tertiary/aromatic N) is 2. The fourth-order valence-electron chi connectivity index (χ4n) is 2.91. The van der Waals surface area contributed by atoms with Crippen LogP contribution in [0, 0.1) is 0 Å². The predicted molar refractivity (Wildman–Crippen MR) is 100 cm³/mol. The van der Waals surface area contributed by atoms with Crippen LogP contribution in [0.5, 0.6) is 0 Å². The summed E-state index contributed by atoms with van der Waals surface area (Å²) in [5.74, 6) is -0.663. The van der Waals surface area contributed by atoms with Crippen molar-refractivity contribution in [3.8, 4) is 0 Å². The Hall–Kier alpha value is -3.42. The maximum Gasteiger partial charge on any atom is 0.321 e. The van der Waals surface area contributed by atoms with Crippen LogP contribution in [0.15, 0.2) is 48.8 Å². The van der Waals surface area contributed by atoms with Gasteiger partial charge in [0, 0.05) is 42.8 Å². The SMILES string of the molecule is NC(=O)c1ccc(NC(=O)N2CCC(NC(=O)c3cccnc3)CC2)cc1. The Morgan fingerprint density at radius 1 is 1.04 bits per heavy atom. The molecule has 1 aliphatic rings. The average Bonchev–Trinajstić information content (AvgIpc) is 2.69. The van der Waals surface area contributed by atoms with E-state index in [0.717, 1.165) is 0 Å². The summed E-state index contributed by atoms with van der Waals surface area (Å²) in [6, 6.07) is 9.66. The number of nitrogens with one attached hydrogen (secondary N) is 2. The number of hydrogen-bond donors (Lipinski definition) is 3. The zero-order chi connectivity index (χ0) is 19.2. The predicted octanol–water partition coefficient (Wildman–Crippen LogP) is 1.61. The van der Waals surface area contributed by atoms with E-state index in [1.165, 1.54) is 6.20 Å². The average molecular weight is 367 g/mol. The molecule has 2 aromatic rings. The molecule has 3 rings (SSSR count). The third kappa shape index (κ3) is 4.81. The molecule has 1 saturated heterocycles. The van der Waals surface area contributed by atoms with Crippen LogP contribution in [0.4, 0.5) is 10.5 Å². The highest BCUT2D eigenvalue weighted by Crippen LogP contribution is 2.14. The Kier molecular flexibility index (Phi) is 5.65. The molecule has 1 aromatic heterocycles. The third-order valence-corrected chi connectivity index (χ3v) is 4.46. The molecule has 1 aliphatic heterocycles. The summed E-state index contributed by atoms with van der Waals surface area (Å²) in [7, 11) is 0. The summed E-state index contributed by atoms with van der Waals surface area (Å²) in [4.78, 5) is 41.2. The van der Waals surface area contributed by atoms with Gasteiger partial charge in [-0.2, -0.15) is 0 Å². The quantitative estimate of drug-likeness (QED) is 0.761. The van der Waals surface area contributed by atoms with Crippen LogP contribution in [-0.2, 0) is 0 Å². The molecule has 8 nitrogen and oxygen atoms in total. The largest absolute Gasteiger partial charge is 0.366 e. The van der Waals surface area contributed by atoms with Crippen LogP contribution < -0.4 is 16.4 Å². The minimum atomic E-state index is -0.511. The van der Waals surface area contributed by atoms with Gasteiger partial charge in [-0.15, -0.1) is 0 Å². The molecular formula is C19H21N5O3. The molecule has 1 fully saturated rings. The van der Waals surface area contributed by atoms with Gasteiger partial charge in [0.2, 0.25) is 5.91 Å². The smallest absolute Gasteiger partial charge is 0.321 e. The maximum atomic E-state index is 12.4. The first-order valence-electron chi connectivity index (χ1n) is 8.69. The molecule has 8 heteroatoms. The Bertz CT molecular complexity index is 815. The Balaban J connectivity index is 1.47. The summed E-state index contributed by atoms with van der Waals surface area (Å²) in [6.07, 6.45) is 4.51. The summed E-state index contributed by atoms with van der Waals surface area (Å²) in [5.41, 5.74) is 6.71. The fraction of sp³-hybridized carbons (Fsp3) is 0.263. The van der Waals surface area contributed by atoms with Gasteiger partial charge in [-0.05, 0) is 49.2 Å². The van der Waals surface area contributed by atoms with Crippen molar-refractivity contribution in [1.82, 2.24) is 15.2 Å². The normalized spacial score (nSPS) is 14.4. The van der Waals surface area contributed by atoms with E-state index in [2.05, 4.69) is 15.6 Å². The lowest BCUT2D eigenvalue weighted by Gasteiger charge is -2.32. The fourth-order valence-corrected chi connectivity index (χ4v) is 2.91. The monoisotopic (exact) mass is 367 g/mol. The standard InChI is InChI=1S/C19H21N5O3/c20-17(25)13-3-5-15(6-4-13)23-19(27)24-10-7-16(8-11-24)22-18(26)14-2-1-9-21-12-14/h1-6,9,12,16H,7-8,10-11H2,(H2,20,25)(H,22,26)(H,23,27). The number of carbonyl (C=O) groups is 3. The van der Waals surface area contributed by atoms with Crippen LogP contribution in [0.2, 0.25) is 0 Å². The van der Waals surface area contributed by atoms with Crippen molar-refractivity contribution in [3.05, 3.63) is 59.9 Å². The van der Waals surface area contributed by atoms with Crippen molar-refractivity contribution >= 4 is 23.5 Å². The number of benzene rings is 1. The van der Waals surface area contributed by atoms with Crippen molar-refractivity contribution in [2.24, 2.45) is 5.73 Å². The Labute approximate surface area is 156 Å². The highest BCUT2D eigenvalue weighted by molar-refractivity contribution is 5.95. The summed E-state index contributed by atoms with van der Waals surface area (Å²) in [6.45, 7) is 1.09. The molecule has 4 amide bonds. The van der Waals surface area contributed by atoms with Crippen molar-refractivity contribution in [2.75, 3.05) is 18.4 Å². The Morgan fingerprint density at radius 2 is 1.74 bits per heavy atom. The van der Waals surface area contributed by atoms with Crippen molar-refractivity contribution in [2.45, 2.75) is 18.9 Å². The molecule has 140 valence electrons. The lowest BCUT2D eigenvalue weighted by molar-refractivity contribution is 0.0918. The number of likely N-dealkylation sites (tertiary alicyclic amines) is 1. The van der Waals surface area contributed by atoms with Gasteiger partial charge in [0.25, 0.3) is 5.91 Å². The number of urea groups is 1. The van der Waals surface area contributed by atoms with E-state index in [1.54, 1.807) is 47.5 Å². The van der Waals surface area contributed by atoms with Crippen molar-refractivity contribution < 1.29 is 14.4 Å². The molecule has 0 bridgehead atoms. The molecule has 0 radical (unpaired) electrons. The van der Waals surface area contributed by atoms with Crippen molar-refractivity contribution in [3.63, 3.8) is 0 Å². The zero-order valence-electron chi connectivity index (χ0n) is 14.7. The van der Waals surface area contributed by atoms with Crippen LogP contribution >= 0.6 is 0 Å². The molecule has 4 N–H and O–H groups in total. The number of anilines is 1. The molecule has 0 spiro atoms. The number of pyridine rings is 1. The number of primary amides is 1. The van der Waals surface area contributed by atoms with E-state index in [1.807, 2.05) is 0 Å². The zero-order valence-corrected chi connectivity index (χ0v) is 14.7. The summed E-state index contributed by atoms with van der Waals surface area (Å²) >= 11 is 0. The third-order valence-electron chi connectivity index (χ3n) is 4.46. The number of rotatable bonds is 4. The van der Waals surface area contributed by atoms with Crippen LogP contribution in [0.3, 0.4) is 0 Å². The van der Waals surface area contributed by atoms with E-state index < -0.39 is 5.91 Å². The van der Waals surface area contributed by atoms with Gasteiger partial charge in [0.15, 0.2) is 0 Å². The minimum absolute atomic E-state index is 0.0246. The van der Waals surface area contributed by atoms with Gasteiger partial charge in [-0.25, -0.2) is 4.79 Å². The first kappa shape index (κ1) is 18.4. The maximum absolute atomic E-state index is 12.4. The second kappa shape index (κ2) is 8.31. The topological polar surface area (TPSA) is 117 Å². The lowest BCUT2D eigenvalue weighted by atomic mass is 10.0. The molecule has 1 aromatic carbocycles. The van der Waals surface area contributed by atoms with Crippen LogP contribution in [0.25, 0.3) is 0 Å². The molecule has 0 atom stereocenters. The number of carbonyl (C=O) groups excluding carboxylic acids is 3. The number of aromatic nitrogens is 1. The van der Waals surface area contributed by atoms with Gasteiger partial charge in [0.05, 0.1) is 5.56 Å². The van der Waals surface area contributed by atoms with Gasteiger partial charge in [0.1, 0.15) is 0 Å². The van der Waals surface area contributed by atoms with Gasteiger partial charge in [-0.1, -0.05) is 0 Å². The van der Waals surface area contributed by atoms with Gasteiger partial charge in [-0.3, -0.25) is 14.6 Å². The van der Waals surface area contributed by atoms with Gasteiger partial charge >= 0.3 is 6.03 Å². The molecule has 0 aliphatic carbocycles. The van der Waals surface area contributed by atoms with Crippen LogP contribution in [0.1, 0.15) is 33.6 Å². The number of piperidine rings is 1. The molecule has 0 saturated carbocycles. The Morgan fingerprint density at radius 3 is 2.33 bits per heavy atom. The first-order chi connectivity index (χ1) is 13.0. The first-order valence-corrected chi connectivity index (χ1v) is 8.69. The molecule has 27 heavy (non-hydrogen) atoms. The second-order valence-corrected chi connectivity index (χ2v) is 6.35. The number of hydrogen-bond acceptors (Lipinski definition) is 4. The van der Waals surface area contributed by atoms with E-state index in [-0.39, 0.29) is 18.0 Å². The molecule has 2 heterocycles. The van der Waals surface area contributed by atoms with Crippen molar-refractivity contribution in [1.29, 1.82) is 0 Å². The lowest BCUT2D eigenvalue weighted by Crippen LogP contribution is -2.47. The summed E-state index contributed by atoms with van der Waals surface area (Å²) < 4.78 is 0. The molecular weight excluding hydrogens is 346 g/mol. The second-order valence-electron chi connectivity index (χ2n) is 6.35. The number of nitrogens with two attached hydrogens (primary N) is 1.